The predicted molar refractivity (Wildman–Crippen MR) is 102 cm³/mol. The highest BCUT2D eigenvalue weighted by Crippen LogP contribution is 2.49. The minimum absolute atomic E-state index is 0.0709. The van der Waals surface area contributed by atoms with Gasteiger partial charge in [0.25, 0.3) is 0 Å². The van der Waals surface area contributed by atoms with E-state index in [1.54, 1.807) is 4.90 Å². The quantitative estimate of drug-likeness (QED) is 0.851. The monoisotopic (exact) mass is 373 g/mol. The minimum atomic E-state index is -0.759. The highest BCUT2D eigenvalue weighted by Gasteiger charge is 2.55. The van der Waals surface area contributed by atoms with E-state index in [0.29, 0.717) is 32.7 Å². The fourth-order valence-electron chi connectivity index (χ4n) is 4.75. The lowest BCUT2D eigenvalue weighted by atomic mass is 9.81. The van der Waals surface area contributed by atoms with Gasteiger partial charge in [0.2, 0.25) is 0 Å². The average Bonchev–Trinajstić information content (AvgIpc) is 3.23. The number of rotatable bonds is 3. The third-order valence-electron chi connectivity index (χ3n) is 6.42. The number of nitrogens with zero attached hydrogens (tertiary/aromatic N) is 2. The maximum Gasteiger partial charge on any atom is 0.321 e. The van der Waals surface area contributed by atoms with Crippen molar-refractivity contribution in [3.63, 3.8) is 0 Å². The number of fused-ring (bicyclic) bond motifs is 1. The summed E-state index contributed by atoms with van der Waals surface area (Å²) >= 11 is 0. The maximum atomic E-state index is 12.8. The van der Waals surface area contributed by atoms with Gasteiger partial charge in [-0.25, -0.2) is 4.79 Å². The van der Waals surface area contributed by atoms with Crippen molar-refractivity contribution in [2.45, 2.75) is 26.2 Å². The smallest absolute Gasteiger partial charge is 0.321 e. The normalized spacial score (nSPS) is 27.5. The van der Waals surface area contributed by atoms with Crippen molar-refractivity contribution in [3.05, 3.63) is 23.8 Å². The summed E-state index contributed by atoms with van der Waals surface area (Å²) in [5, 5.41) is 12.7. The number of anilines is 2. The molecular weight excluding hydrogens is 346 g/mol. The van der Waals surface area contributed by atoms with Crippen LogP contribution >= 0.6 is 0 Å². The van der Waals surface area contributed by atoms with Gasteiger partial charge in [-0.3, -0.25) is 4.79 Å². The summed E-state index contributed by atoms with van der Waals surface area (Å²) in [5.74, 6) is -0.688. The first-order valence-corrected chi connectivity index (χ1v) is 9.72. The zero-order valence-corrected chi connectivity index (χ0v) is 15.7. The van der Waals surface area contributed by atoms with Gasteiger partial charge >= 0.3 is 12.0 Å². The number of nitrogens with one attached hydrogen (secondary N) is 1. The number of hydrogen-bond donors (Lipinski definition) is 2. The predicted octanol–water partition coefficient (Wildman–Crippen LogP) is 2.55. The van der Waals surface area contributed by atoms with Crippen molar-refractivity contribution in [2.75, 3.05) is 49.6 Å². The van der Waals surface area contributed by atoms with Crippen LogP contribution in [0, 0.1) is 18.3 Å². The van der Waals surface area contributed by atoms with Crippen LogP contribution in [0.25, 0.3) is 0 Å². The zero-order valence-electron chi connectivity index (χ0n) is 15.7. The number of carboxylic acids is 1. The molecule has 0 aromatic heterocycles. The largest absolute Gasteiger partial charge is 0.481 e. The van der Waals surface area contributed by atoms with E-state index in [0.717, 1.165) is 42.9 Å². The molecule has 0 bridgehead atoms. The van der Waals surface area contributed by atoms with Crippen molar-refractivity contribution in [1.29, 1.82) is 0 Å². The molecule has 2 aliphatic heterocycles. The van der Waals surface area contributed by atoms with E-state index in [9.17, 15) is 14.7 Å². The molecule has 0 unspecified atom stereocenters. The van der Waals surface area contributed by atoms with E-state index in [4.69, 9.17) is 4.74 Å². The van der Waals surface area contributed by atoms with Crippen LogP contribution < -0.4 is 10.2 Å². The van der Waals surface area contributed by atoms with E-state index in [1.165, 1.54) is 0 Å². The summed E-state index contributed by atoms with van der Waals surface area (Å²) in [6.07, 6.45) is 2.50. The third kappa shape index (κ3) is 3.25. The minimum Gasteiger partial charge on any atom is -0.481 e. The summed E-state index contributed by atoms with van der Waals surface area (Å²) in [4.78, 5) is 28.6. The van der Waals surface area contributed by atoms with Crippen LogP contribution in [0.2, 0.25) is 0 Å². The topological polar surface area (TPSA) is 82.1 Å². The van der Waals surface area contributed by atoms with Crippen LogP contribution in [-0.2, 0) is 9.53 Å². The summed E-state index contributed by atoms with van der Waals surface area (Å²) in [6.45, 7) is 5.90. The first-order valence-electron chi connectivity index (χ1n) is 9.72. The van der Waals surface area contributed by atoms with Crippen molar-refractivity contribution in [2.24, 2.45) is 11.3 Å². The molecule has 0 spiro atoms. The Kier molecular flexibility index (Phi) is 4.72. The van der Waals surface area contributed by atoms with Crippen LogP contribution in [0.5, 0.6) is 0 Å². The summed E-state index contributed by atoms with van der Waals surface area (Å²) in [6, 6.07) is 5.88. The van der Waals surface area contributed by atoms with E-state index >= 15 is 0 Å². The van der Waals surface area contributed by atoms with Crippen LogP contribution in [0.3, 0.4) is 0 Å². The molecule has 2 heterocycles. The fourth-order valence-corrected chi connectivity index (χ4v) is 4.75. The number of aryl methyl sites for hydroxylation is 1. The summed E-state index contributed by atoms with van der Waals surface area (Å²) < 4.78 is 5.41. The van der Waals surface area contributed by atoms with Crippen molar-refractivity contribution >= 4 is 23.4 Å². The lowest BCUT2D eigenvalue weighted by Crippen LogP contribution is -2.39. The lowest BCUT2D eigenvalue weighted by molar-refractivity contribution is -0.149. The van der Waals surface area contributed by atoms with Gasteiger partial charge < -0.3 is 25.0 Å². The first kappa shape index (κ1) is 18.1. The third-order valence-corrected chi connectivity index (χ3v) is 6.42. The van der Waals surface area contributed by atoms with Crippen molar-refractivity contribution in [3.8, 4) is 0 Å². The number of ether oxygens (including phenoxy) is 1. The van der Waals surface area contributed by atoms with Crippen molar-refractivity contribution < 1.29 is 19.4 Å². The Bertz CT molecular complexity index is 747. The second-order valence-corrected chi connectivity index (χ2v) is 7.96. The van der Waals surface area contributed by atoms with Crippen LogP contribution in [-0.4, -0.2) is 61.4 Å². The first-order chi connectivity index (χ1) is 13.0. The number of benzene rings is 1. The molecule has 1 aliphatic carbocycles. The number of carbonyl (C=O) groups excluding carboxylic acids is 1. The Hall–Kier alpha value is -2.28. The lowest BCUT2D eigenvalue weighted by Gasteiger charge is -2.29. The Morgan fingerprint density at radius 1 is 1.30 bits per heavy atom. The Morgan fingerprint density at radius 2 is 2.07 bits per heavy atom. The molecular formula is C20H27N3O4. The Balaban J connectivity index is 1.48. The Morgan fingerprint density at radius 3 is 2.78 bits per heavy atom. The maximum absolute atomic E-state index is 12.8. The second-order valence-electron chi connectivity index (χ2n) is 7.96. The molecule has 1 saturated carbocycles. The van der Waals surface area contributed by atoms with Gasteiger partial charge in [-0.1, -0.05) is 12.5 Å². The van der Waals surface area contributed by atoms with Gasteiger partial charge in [0.15, 0.2) is 0 Å². The van der Waals surface area contributed by atoms with Crippen LogP contribution in [0.4, 0.5) is 16.2 Å². The fraction of sp³-hybridized carbons (Fsp3) is 0.600. The molecule has 3 fully saturated rings. The van der Waals surface area contributed by atoms with Crippen LogP contribution in [0.15, 0.2) is 18.2 Å². The van der Waals surface area contributed by atoms with E-state index < -0.39 is 11.4 Å². The zero-order chi connectivity index (χ0) is 19.0. The summed E-state index contributed by atoms with van der Waals surface area (Å²) in [7, 11) is 0. The highest BCUT2D eigenvalue weighted by atomic mass is 16.5. The number of hydrogen-bond acceptors (Lipinski definition) is 4. The van der Waals surface area contributed by atoms with Crippen LogP contribution in [0.1, 0.15) is 24.8 Å². The van der Waals surface area contributed by atoms with Gasteiger partial charge in [0, 0.05) is 37.6 Å². The molecule has 2 amide bonds. The number of amides is 2. The molecule has 27 heavy (non-hydrogen) atoms. The average molecular weight is 373 g/mol. The van der Waals surface area contributed by atoms with Gasteiger partial charge in [-0.2, -0.15) is 0 Å². The number of aliphatic carboxylic acids is 1. The SMILES string of the molecule is Cc1ccc(N2CCOCC2)cc1NC(=O)N1C[C@@H]2CCC[C@@]2(C(=O)O)C1. The van der Waals surface area contributed by atoms with Gasteiger partial charge in [0.1, 0.15) is 0 Å². The molecule has 1 aromatic carbocycles. The Labute approximate surface area is 159 Å². The van der Waals surface area contributed by atoms with Gasteiger partial charge in [-0.05, 0) is 43.4 Å². The standard InChI is InChI=1S/C20H27N3O4/c1-14-4-5-16(22-7-9-27-10-8-22)11-17(14)21-19(26)23-12-15-3-2-6-20(15,13-23)18(24)25/h4-5,11,15H,2-3,6-10,12-13H2,1H3,(H,21,26)(H,24,25)/t15-,20+/m0/s1. The molecule has 2 saturated heterocycles. The molecule has 4 rings (SSSR count). The number of carboxylic acid groups (broad SMARTS) is 1. The van der Waals surface area contributed by atoms with Gasteiger partial charge in [0.05, 0.1) is 18.6 Å². The summed E-state index contributed by atoms with van der Waals surface area (Å²) in [5.41, 5.74) is 2.10. The second kappa shape index (κ2) is 7.03. The van der Waals surface area contributed by atoms with E-state index in [-0.39, 0.29) is 11.9 Å². The number of likely N-dealkylation sites (tertiary alicyclic amines) is 1. The number of morpholine rings is 1. The highest BCUT2D eigenvalue weighted by molar-refractivity contribution is 5.92. The number of carbonyl (C=O) groups is 2. The molecule has 2 N–H and O–H groups in total. The van der Waals surface area contributed by atoms with E-state index in [2.05, 4.69) is 16.3 Å². The van der Waals surface area contributed by atoms with Gasteiger partial charge in [-0.15, -0.1) is 0 Å². The molecule has 7 heteroatoms. The molecule has 0 radical (unpaired) electrons. The molecule has 7 nitrogen and oxygen atoms in total. The molecule has 146 valence electrons. The van der Waals surface area contributed by atoms with E-state index in [1.807, 2.05) is 19.1 Å². The number of urea groups is 1. The van der Waals surface area contributed by atoms with Crippen molar-refractivity contribution in [1.82, 2.24) is 4.90 Å². The molecule has 2 atom stereocenters. The molecule has 3 aliphatic rings. The molecule has 1 aromatic rings.